The number of carbonyl (C=O) groups is 2. The van der Waals surface area contributed by atoms with Gasteiger partial charge in [-0.25, -0.2) is 4.79 Å². The Kier molecular flexibility index (Phi) is 6.18. The maximum Gasteiger partial charge on any atom is 0.339 e. The highest BCUT2D eigenvalue weighted by Crippen LogP contribution is 2.60. The highest BCUT2D eigenvalue weighted by Gasteiger charge is 2.61. The molecule has 3 unspecified atom stereocenters. The third kappa shape index (κ3) is 3.93. The SMILES string of the molecule is CC(=O)CCC1=CC2C(Oc3cc(O)c(Cl)cc3C23OC(=O)c2cc(Cl)c(Cl)cc23)C(c2ccccc2)=C1O. The minimum atomic E-state index is -1.49. The van der Waals surface area contributed by atoms with Gasteiger partial charge in [-0.15, -0.1) is 0 Å². The van der Waals surface area contributed by atoms with Crippen LogP contribution >= 0.6 is 34.8 Å². The molecule has 0 saturated heterocycles. The minimum Gasteiger partial charge on any atom is -0.507 e. The van der Waals surface area contributed by atoms with E-state index in [9.17, 15) is 19.8 Å². The summed E-state index contributed by atoms with van der Waals surface area (Å²) in [7, 11) is 0. The van der Waals surface area contributed by atoms with E-state index in [1.807, 2.05) is 30.3 Å². The first-order valence-electron chi connectivity index (χ1n) is 12.2. The van der Waals surface area contributed by atoms with Crippen LogP contribution in [0.25, 0.3) is 5.57 Å². The fraction of sp³-hybridized carbons (Fsp3) is 0.200. The quantitative estimate of drug-likeness (QED) is 0.311. The number of fused-ring (bicyclic) bond motifs is 6. The molecule has 0 aromatic heterocycles. The first-order valence-corrected chi connectivity index (χ1v) is 13.4. The number of Topliss-reactive ketones (excluding diaryl/α,β-unsaturated/α-hetero) is 1. The number of phenols is 1. The van der Waals surface area contributed by atoms with Crippen LogP contribution < -0.4 is 4.74 Å². The lowest BCUT2D eigenvalue weighted by molar-refractivity contribution is -0.116. The molecule has 9 heteroatoms. The monoisotopic (exact) mass is 582 g/mol. The van der Waals surface area contributed by atoms with E-state index in [4.69, 9.17) is 44.3 Å². The van der Waals surface area contributed by atoms with Gasteiger partial charge in [0.05, 0.1) is 26.5 Å². The van der Waals surface area contributed by atoms with Gasteiger partial charge >= 0.3 is 5.97 Å². The van der Waals surface area contributed by atoms with Gasteiger partial charge in [0.1, 0.15) is 29.1 Å². The molecular formula is C30H21Cl3O6. The van der Waals surface area contributed by atoms with Crippen LogP contribution in [0, 0.1) is 5.92 Å². The minimum absolute atomic E-state index is 0.0147. The molecule has 3 aliphatic rings. The maximum atomic E-state index is 13.4. The third-order valence-corrected chi connectivity index (χ3v) is 8.51. The second-order valence-electron chi connectivity index (χ2n) is 9.82. The average molecular weight is 584 g/mol. The lowest BCUT2D eigenvalue weighted by atomic mass is 9.66. The fourth-order valence-electron chi connectivity index (χ4n) is 5.74. The Labute approximate surface area is 239 Å². The number of ketones is 1. The molecule has 1 aliphatic carbocycles. The molecule has 3 aromatic carbocycles. The van der Waals surface area contributed by atoms with Gasteiger partial charge in [-0.05, 0) is 42.7 Å². The van der Waals surface area contributed by atoms with Crippen molar-refractivity contribution in [2.45, 2.75) is 31.5 Å². The van der Waals surface area contributed by atoms with Gasteiger partial charge in [0.15, 0.2) is 5.60 Å². The summed E-state index contributed by atoms with van der Waals surface area (Å²) in [5, 5.41) is 22.5. The number of benzene rings is 3. The lowest BCUT2D eigenvalue weighted by Crippen LogP contribution is -2.50. The van der Waals surface area contributed by atoms with Gasteiger partial charge < -0.3 is 24.5 Å². The zero-order valence-electron chi connectivity index (χ0n) is 20.5. The van der Waals surface area contributed by atoms with Crippen LogP contribution in [-0.4, -0.2) is 28.1 Å². The second-order valence-corrected chi connectivity index (χ2v) is 11.0. The predicted octanol–water partition coefficient (Wildman–Crippen LogP) is 7.42. The van der Waals surface area contributed by atoms with E-state index in [-0.39, 0.29) is 56.5 Å². The van der Waals surface area contributed by atoms with Crippen molar-refractivity contribution >= 4 is 52.1 Å². The second kappa shape index (κ2) is 9.33. The zero-order chi connectivity index (χ0) is 27.6. The Bertz CT molecular complexity index is 1630. The summed E-state index contributed by atoms with van der Waals surface area (Å²) >= 11 is 19.1. The summed E-state index contributed by atoms with van der Waals surface area (Å²) in [5.74, 6) is -1.36. The van der Waals surface area contributed by atoms with Crippen molar-refractivity contribution < 1.29 is 29.3 Å². The van der Waals surface area contributed by atoms with Crippen molar-refractivity contribution in [2.24, 2.45) is 5.92 Å². The molecular weight excluding hydrogens is 563 g/mol. The number of phenolic OH excluding ortho intramolecular Hbond substituents is 1. The molecule has 0 amide bonds. The molecule has 198 valence electrons. The Morgan fingerprint density at radius 1 is 0.974 bits per heavy atom. The number of rotatable bonds is 4. The maximum absolute atomic E-state index is 13.4. The summed E-state index contributed by atoms with van der Waals surface area (Å²) in [4.78, 5) is 25.3. The van der Waals surface area contributed by atoms with Gasteiger partial charge in [0.2, 0.25) is 0 Å². The van der Waals surface area contributed by atoms with Crippen LogP contribution in [-0.2, 0) is 15.1 Å². The topological polar surface area (TPSA) is 93.1 Å². The van der Waals surface area contributed by atoms with Crippen molar-refractivity contribution in [1.29, 1.82) is 0 Å². The molecule has 2 heterocycles. The molecule has 0 bridgehead atoms. The zero-order valence-corrected chi connectivity index (χ0v) is 22.8. The number of allylic oxidation sites excluding steroid dienone is 1. The molecule has 2 aliphatic heterocycles. The number of aliphatic hydroxyl groups is 1. The molecule has 3 aromatic rings. The highest BCUT2D eigenvalue weighted by atomic mass is 35.5. The van der Waals surface area contributed by atoms with Crippen LogP contribution in [0.1, 0.15) is 46.8 Å². The number of ether oxygens (including phenoxy) is 2. The molecule has 0 radical (unpaired) electrons. The molecule has 6 nitrogen and oxygen atoms in total. The Morgan fingerprint density at radius 3 is 2.38 bits per heavy atom. The Hall–Kier alpha value is -3.45. The highest BCUT2D eigenvalue weighted by molar-refractivity contribution is 6.42. The van der Waals surface area contributed by atoms with Crippen LogP contribution in [0.5, 0.6) is 11.5 Å². The molecule has 1 spiro atoms. The summed E-state index contributed by atoms with van der Waals surface area (Å²) in [6.45, 7) is 1.49. The van der Waals surface area contributed by atoms with E-state index in [1.165, 1.54) is 25.1 Å². The normalized spacial score (nSPS) is 23.0. The van der Waals surface area contributed by atoms with Crippen molar-refractivity contribution in [1.82, 2.24) is 0 Å². The summed E-state index contributed by atoms with van der Waals surface area (Å²) in [6.07, 6.45) is 1.42. The van der Waals surface area contributed by atoms with Gasteiger partial charge in [0, 0.05) is 29.2 Å². The molecule has 2 N–H and O–H groups in total. The first-order chi connectivity index (χ1) is 18.6. The number of hydrogen-bond donors (Lipinski definition) is 2. The standard InChI is InChI=1S/C30H21Cl3O6/c1-14(34)7-8-16-9-20-28(26(27(16)36)15-5-3-2-4-6-15)38-25-13-24(35)23(33)12-19(25)30(20)18-11-22(32)21(31)10-17(18)29(37)39-30/h2-6,9-13,20,28,35-36H,7-8H2,1H3. The number of esters is 1. The molecule has 6 rings (SSSR count). The summed E-state index contributed by atoms with van der Waals surface area (Å²) in [5.41, 5.74) is 1.29. The molecule has 39 heavy (non-hydrogen) atoms. The Morgan fingerprint density at radius 2 is 1.67 bits per heavy atom. The van der Waals surface area contributed by atoms with E-state index in [1.54, 1.807) is 12.1 Å². The van der Waals surface area contributed by atoms with Crippen LogP contribution in [0.2, 0.25) is 15.1 Å². The van der Waals surface area contributed by atoms with E-state index in [0.29, 0.717) is 27.8 Å². The summed E-state index contributed by atoms with van der Waals surface area (Å²) in [6, 6.07) is 15.2. The number of aliphatic hydroxyl groups excluding tert-OH is 1. The van der Waals surface area contributed by atoms with Gasteiger partial charge in [-0.2, -0.15) is 0 Å². The summed E-state index contributed by atoms with van der Waals surface area (Å²) < 4.78 is 12.7. The lowest BCUT2D eigenvalue weighted by Gasteiger charge is -2.47. The van der Waals surface area contributed by atoms with Gasteiger partial charge in [0.25, 0.3) is 0 Å². The van der Waals surface area contributed by atoms with Gasteiger partial charge in [-0.3, -0.25) is 0 Å². The van der Waals surface area contributed by atoms with Gasteiger partial charge in [-0.1, -0.05) is 71.2 Å². The van der Waals surface area contributed by atoms with E-state index in [0.717, 1.165) is 0 Å². The third-order valence-electron chi connectivity index (χ3n) is 7.49. The molecule has 3 atom stereocenters. The Balaban J connectivity index is 1.68. The van der Waals surface area contributed by atoms with E-state index < -0.39 is 23.6 Å². The van der Waals surface area contributed by atoms with Crippen molar-refractivity contribution in [2.75, 3.05) is 0 Å². The first kappa shape index (κ1) is 25.8. The molecule has 0 fully saturated rings. The van der Waals surface area contributed by atoms with Crippen LogP contribution in [0.3, 0.4) is 0 Å². The van der Waals surface area contributed by atoms with Crippen LogP contribution in [0.15, 0.2) is 72.0 Å². The van der Waals surface area contributed by atoms with Crippen LogP contribution in [0.4, 0.5) is 0 Å². The molecule has 0 saturated carbocycles. The number of hydrogen-bond acceptors (Lipinski definition) is 6. The number of carbonyl (C=O) groups excluding carboxylic acids is 2. The predicted molar refractivity (Wildman–Crippen MR) is 148 cm³/mol. The number of aromatic hydroxyl groups is 1. The van der Waals surface area contributed by atoms with Crippen molar-refractivity contribution in [3.05, 3.63) is 109 Å². The van der Waals surface area contributed by atoms with E-state index >= 15 is 0 Å². The fourth-order valence-corrected chi connectivity index (χ4v) is 6.23. The number of halogens is 3. The average Bonchev–Trinajstić information content (AvgIpc) is 3.17. The largest absolute Gasteiger partial charge is 0.507 e. The van der Waals surface area contributed by atoms with Crippen molar-refractivity contribution in [3.63, 3.8) is 0 Å². The van der Waals surface area contributed by atoms with E-state index in [2.05, 4.69) is 0 Å². The van der Waals surface area contributed by atoms with Crippen molar-refractivity contribution in [3.8, 4) is 11.5 Å². The smallest absolute Gasteiger partial charge is 0.339 e.